The highest BCUT2D eigenvalue weighted by Gasteiger charge is 2.34. The number of nitrogens with zero attached hydrogens (tertiary/aromatic N) is 2. The van der Waals surface area contributed by atoms with E-state index in [-0.39, 0.29) is 18.0 Å². The molecule has 0 saturated carbocycles. The SMILES string of the molecule is CCC1CCCCN1C(=O)C(C)OC(=O)c1ccc2c(c1)CC(C)N2S(C)(=O)=O. The molecular formula is C21H30N2O5S. The summed E-state index contributed by atoms with van der Waals surface area (Å²) in [5.41, 5.74) is 1.72. The van der Waals surface area contributed by atoms with E-state index in [0.717, 1.165) is 31.2 Å². The standard InChI is InChI=1S/C21H30N2O5S/c1-5-18-8-6-7-11-22(18)20(24)15(3)28-21(25)16-9-10-19-17(13-16)12-14(2)23(19)29(4,26)27/h9-10,13-15,18H,5-8,11-12H2,1-4H3. The van der Waals surface area contributed by atoms with Crippen molar-refractivity contribution in [3.63, 3.8) is 0 Å². The minimum atomic E-state index is -3.38. The van der Waals surface area contributed by atoms with Gasteiger partial charge in [0, 0.05) is 18.6 Å². The summed E-state index contributed by atoms with van der Waals surface area (Å²) >= 11 is 0. The zero-order chi connectivity index (χ0) is 21.3. The fourth-order valence-electron chi connectivity index (χ4n) is 4.46. The van der Waals surface area contributed by atoms with Gasteiger partial charge in [-0.3, -0.25) is 9.10 Å². The fraction of sp³-hybridized carbons (Fsp3) is 0.619. The average Bonchev–Trinajstić information content (AvgIpc) is 3.02. The Morgan fingerprint density at radius 3 is 2.66 bits per heavy atom. The smallest absolute Gasteiger partial charge is 0.338 e. The highest BCUT2D eigenvalue weighted by Crippen LogP contribution is 2.35. The van der Waals surface area contributed by atoms with Crippen LogP contribution in [0.5, 0.6) is 0 Å². The van der Waals surface area contributed by atoms with Gasteiger partial charge in [-0.25, -0.2) is 13.2 Å². The topological polar surface area (TPSA) is 84.0 Å². The number of rotatable bonds is 5. The van der Waals surface area contributed by atoms with Crippen LogP contribution in [0.2, 0.25) is 0 Å². The van der Waals surface area contributed by atoms with Gasteiger partial charge in [-0.05, 0) is 69.7 Å². The Bertz CT molecular complexity index is 898. The Hall–Kier alpha value is -2.09. The number of carbonyl (C=O) groups is 2. The number of hydrogen-bond acceptors (Lipinski definition) is 5. The molecule has 2 aliphatic heterocycles. The van der Waals surface area contributed by atoms with E-state index >= 15 is 0 Å². The maximum atomic E-state index is 12.8. The zero-order valence-corrected chi connectivity index (χ0v) is 18.4. The van der Waals surface area contributed by atoms with Crippen LogP contribution in [0, 0.1) is 0 Å². The highest BCUT2D eigenvalue weighted by atomic mass is 32.2. The normalized spacial score (nSPS) is 22.9. The second-order valence-electron chi connectivity index (χ2n) is 8.09. The largest absolute Gasteiger partial charge is 0.449 e. The van der Waals surface area contributed by atoms with E-state index in [9.17, 15) is 18.0 Å². The van der Waals surface area contributed by atoms with E-state index in [1.54, 1.807) is 25.1 Å². The lowest BCUT2D eigenvalue weighted by atomic mass is 9.99. The van der Waals surface area contributed by atoms with E-state index in [1.165, 1.54) is 10.6 Å². The van der Waals surface area contributed by atoms with Crippen LogP contribution >= 0.6 is 0 Å². The van der Waals surface area contributed by atoms with Gasteiger partial charge in [-0.1, -0.05) is 6.92 Å². The molecule has 3 rings (SSSR count). The van der Waals surface area contributed by atoms with Crippen molar-refractivity contribution in [2.75, 3.05) is 17.1 Å². The van der Waals surface area contributed by atoms with Crippen LogP contribution in [0.25, 0.3) is 0 Å². The third-order valence-electron chi connectivity index (χ3n) is 5.84. The van der Waals surface area contributed by atoms with Crippen LogP contribution in [-0.4, -0.2) is 56.2 Å². The molecule has 0 aromatic heterocycles. The number of piperidine rings is 1. The Kier molecular flexibility index (Phi) is 6.22. The van der Waals surface area contributed by atoms with Gasteiger partial charge in [0.2, 0.25) is 10.0 Å². The van der Waals surface area contributed by atoms with Crippen LogP contribution in [0.3, 0.4) is 0 Å². The molecular weight excluding hydrogens is 392 g/mol. The molecule has 2 aliphatic rings. The number of benzene rings is 1. The first-order valence-corrected chi connectivity index (χ1v) is 12.1. The summed E-state index contributed by atoms with van der Waals surface area (Å²) in [6.45, 7) is 6.22. The molecule has 1 aromatic rings. The molecule has 0 bridgehead atoms. The molecule has 1 amide bonds. The van der Waals surface area contributed by atoms with E-state index < -0.39 is 22.1 Å². The van der Waals surface area contributed by atoms with Crippen molar-refractivity contribution in [1.29, 1.82) is 0 Å². The Morgan fingerprint density at radius 1 is 1.28 bits per heavy atom. The first-order chi connectivity index (χ1) is 13.6. The molecule has 0 aliphatic carbocycles. The number of anilines is 1. The molecule has 1 aromatic carbocycles. The van der Waals surface area contributed by atoms with Gasteiger partial charge in [0.1, 0.15) is 0 Å². The molecule has 3 atom stereocenters. The minimum absolute atomic E-state index is 0.150. The van der Waals surface area contributed by atoms with Gasteiger partial charge in [-0.2, -0.15) is 0 Å². The third kappa shape index (κ3) is 4.42. The number of likely N-dealkylation sites (tertiary alicyclic amines) is 1. The number of esters is 1. The molecule has 1 saturated heterocycles. The van der Waals surface area contributed by atoms with Gasteiger partial charge in [0.05, 0.1) is 17.5 Å². The maximum Gasteiger partial charge on any atom is 0.338 e. The molecule has 3 unspecified atom stereocenters. The van der Waals surface area contributed by atoms with Crippen LogP contribution in [-0.2, 0) is 26.0 Å². The van der Waals surface area contributed by atoms with Gasteiger partial charge >= 0.3 is 5.97 Å². The van der Waals surface area contributed by atoms with Crippen molar-refractivity contribution >= 4 is 27.6 Å². The van der Waals surface area contributed by atoms with Crippen molar-refractivity contribution in [2.45, 2.75) is 71.1 Å². The van der Waals surface area contributed by atoms with E-state index in [4.69, 9.17) is 4.74 Å². The Balaban J connectivity index is 1.72. The molecule has 0 N–H and O–H groups in total. The summed E-state index contributed by atoms with van der Waals surface area (Å²) in [4.78, 5) is 27.3. The van der Waals surface area contributed by atoms with Gasteiger partial charge in [0.15, 0.2) is 6.10 Å². The molecule has 7 nitrogen and oxygen atoms in total. The first kappa shape index (κ1) is 21.6. The minimum Gasteiger partial charge on any atom is -0.449 e. The average molecular weight is 423 g/mol. The lowest BCUT2D eigenvalue weighted by Crippen LogP contribution is -2.48. The van der Waals surface area contributed by atoms with Crippen molar-refractivity contribution in [2.24, 2.45) is 0 Å². The highest BCUT2D eigenvalue weighted by molar-refractivity contribution is 7.92. The predicted octanol–water partition coefficient (Wildman–Crippen LogP) is 2.73. The Morgan fingerprint density at radius 2 is 2.00 bits per heavy atom. The summed E-state index contributed by atoms with van der Waals surface area (Å²) in [6, 6.07) is 4.88. The summed E-state index contributed by atoms with van der Waals surface area (Å²) in [5.74, 6) is -0.716. The zero-order valence-electron chi connectivity index (χ0n) is 17.6. The molecule has 0 spiro atoms. The quantitative estimate of drug-likeness (QED) is 0.681. The van der Waals surface area contributed by atoms with Crippen molar-refractivity contribution in [1.82, 2.24) is 4.90 Å². The fourth-order valence-corrected chi connectivity index (χ4v) is 5.73. The summed E-state index contributed by atoms with van der Waals surface area (Å²) in [7, 11) is -3.38. The van der Waals surface area contributed by atoms with Crippen LogP contribution in [0.15, 0.2) is 18.2 Å². The molecule has 0 radical (unpaired) electrons. The number of amides is 1. The van der Waals surface area contributed by atoms with Crippen LogP contribution < -0.4 is 4.31 Å². The summed E-state index contributed by atoms with van der Waals surface area (Å²) in [5, 5.41) is 0. The Labute approximate surface area is 173 Å². The van der Waals surface area contributed by atoms with Gasteiger partial charge < -0.3 is 9.64 Å². The molecule has 2 heterocycles. The second-order valence-corrected chi connectivity index (χ2v) is 9.95. The molecule has 1 fully saturated rings. The van der Waals surface area contributed by atoms with Crippen LogP contribution in [0.1, 0.15) is 62.4 Å². The maximum absolute atomic E-state index is 12.8. The van der Waals surface area contributed by atoms with Crippen molar-refractivity contribution < 1.29 is 22.7 Å². The lowest BCUT2D eigenvalue weighted by molar-refractivity contribution is -0.143. The third-order valence-corrected chi connectivity index (χ3v) is 7.11. The van der Waals surface area contributed by atoms with E-state index in [1.807, 2.05) is 11.8 Å². The van der Waals surface area contributed by atoms with Gasteiger partial charge in [-0.15, -0.1) is 0 Å². The summed E-state index contributed by atoms with van der Waals surface area (Å²) < 4.78 is 30.9. The monoisotopic (exact) mass is 422 g/mol. The lowest BCUT2D eigenvalue weighted by Gasteiger charge is -2.36. The number of sulfonamides is 1. The molecule has 29 heavy (non-hydrogen) atoms. The number of carbonyl (C=O) groups excluding carboxylic acids is 2. The van der Waals surface area contributed by atoms with E-state index in [0.29, 0.717) is 24.2 Å². The number of hydrogen-bond donors (Lipinski definition) is 0. The van der Waals surface area contributed by atoms with Gasteiger partial charge in [0.25, 0.3) is 5.91 Å². The predicted molar refractivity (Wildman–Crippen MR) is 111 cm³/mol. The molecule has 8 heteroatoms. The molecule has 160 valence electrons. The number of fused-ring (bicyclic) bond motifs is 1. The number of ether oxygens (including phenoxy) is 1. The van der Waals surface area contributed by atoms with Crippen LogP contribution in [0.4, 0.5) is 5.69 Å². The first-order valence-electron chi connectivity index (χ1n) is 10.3. The van der Waals surface area contributed by atoms with Crippen molar-refractivity contribution in [3.8, 4) is 0 Å². The van der Waals surface area contributed by atoms with Crippen molar-refractivity contribution in [3.05, 3.63) is 29.3 Å². The summed E-state index contributed by atoms with van der Waals surface area (Å²) in [6.07, 6.45) is 4.84. The second kappa shape index (κ2) is 8.34. The van der Waals surface area contributed by atoms with E-state index in [2.05, 4.69) is 6.92 Å².